The SMILES string of the molecule is C[C@H]1[C@@H](C[C@H](OC(=O)Nc2ccc(Cl)cc2)C2O[C@@H]3O[C@]4(C)CC[C@H]5[C@H](C)CC[C@@H]([C@H]2C)C35OO4)O[C@@H]2O[C@]3(C)CC[C@H]4[C@H](C)CC[C@@H]1C24OO3. The van der Waals surface area contributed by atoms with Crippen LogP contribution in [0.15, 0.2) is 24.3 Å². The van der Waals surface area contributed by atoms with Crippen LogP contribution in [0.3, 0.4) is 0 Å². The second kappa shape index (κ2) is 12.5. The van der Waals surface area contributed by atoms with Gasteiger partial charge in [0.25, 0.3) is 0 Å². The van der Waals surface area contributed by atoms with E-state index in [1.54, 1.807) is 24.3 Å². The van der Waals surface area contributed by atoms with Crippen LogP contribution >= 0.6 is 11.6 Å². The summed E-state index contributed by atoms with van der Waals surface area (Å²) in [7, 11) is 0. The zero-order valence-electron chi connectivity index (χ0n) is 30.6. The van der Waals surface area contributed by atoms with Crippen LogP contribution in [0.2, 0.25) is 5.02 Å². The van der Waals surface area contributed by atoms with Gasteiger partial charge in [-0.15, -0.1) is 0 Å². The van der Waals surface area contributed by atoms with Crippen LogP contribution in [0, 0.1) is 47.3 Å². The number of hydrogen-bond donors (Lipinski definition) is 1. The Bertz CT molecular complexity index is 1500. The Balaban J connectivity index is 1.04. The van der Waals surface area contributed by atoms with Crippen molar-refractivity contribution in [3.05, 3.63) is 29.3 Å². The number of carbonyl (C=O) groups excluding carboxylic acids is 1. The average Bonchev–Trinajstić information content (AvgIpc) is 3.47. The minimum absolute atomic E-state index is 0.0369. The Morgan fingerprint density at radius 3 is 1.90 bits per heavy atom. The van der Waals surface area contributed by atoms with Crippen LogP contribution in [-0.4, -0.2) is 59.8 Å². The maximum Gasteiger partial charge on any atom is 0.411 e. The molecule has 8 heterocycles. The standard InChI is InChI=1S/C39H54ClNO10/c1-20-7-13-28-22(3)30(43-33-38(28)26(20)15-17-36(5,46-33)48-50-38)19-31(44-35(42)41-25-11-9-24(40)10-12-25)32-23(4)29-14-8-21(2)27-16-18-37(6)47-34(45-32)39(27,29)51-49-37/h9-12,20-23,26-34H,7-8,13-19H2,1-6H3,(H,41,42)/t20-,21-,22-,23-,26+,27+,28+,29+,30-,31+,32?,33-,34-,36+,37+,38?,39?/m1/s1. The molecule has 2 saturated carbocycles. The average molecular weight is 732 g/mol. The molecule has 1 N–H and O–H groups in total. The number of rotatable bonds is 5. The molecule has 4 bridgehead atoms. The summed E-state index contributed by atoms with van der Waals surface area (Å²) in [6, 6.07) is 6.99. The van der Waals surface area contributed by atoms with Gasteiger partial charge >= 0.3 is 6.09 Å². The fourth-order valence-corrected chi connectivity index (χ4v) is 12.0. The van der Waals surface area contributed by atoms with E-state index in [9.17, 15) is 4.79 Å². The number of benzene rings is 1. The first kappa shape index (κ1) is 35.2. The number of amides is 1. The number of hydrogen-bond acceptors (Lipinski definition) is 10. The molecule has 8 saturated heterocycles. The summed E-state index contributed by atoms with van der Waals surface area (Å²) < 4.78 is 33.9. The molecule has 2 aliphatic carbocycles. The Hall–Kier alpha value is -1.54. The van der Waals surface area contributed by atoms with Gasteiger partial charge < -0.3 is 23.7 Å². The molecule has 11 nitrogen and oxygen atoms in total. The van der Waals surface area contributed by atoms with Gasteiger partial charge in [0.05, 0.1) is 6.10 Å². The van der Waals surface area contributed by atoms with Gasteiger partial charge in [0.2, 0.25) is 11.6 Å². The minimum atomic E-state index is -0.913. The van der Waals surface area contributed by atoms with Crippen LogP contribution in [0.25, 0.3) is 0 Å². The first-order valence-corrected chi connectivity index (χ1v) is 19.9. The molecule has 51 heavy (non-hydrogen) atoms. The van der Waals surface area contributed by atoms with Gasteiger partial charge in [-0.1, -0.05) is 39.3 Å². The van der Waals surface area contributed by atoms with Gasteiger partial charge in [-0.2, -0.15) is 0 Å². The van der Waals surface area contributed by atoms with Gasteiger partial charge in [-0.25, -0.2) is 24.3 Å². The predicted molar refractivity (Wildman–Crippen MR) is 184 cm³/mol. The number of fused-ring (bicyclic) bond motifs is 4. The van der Waals surface area contributed by atoms with Gasteiger partial charge in [-0.3, -0.25) is 5.32 Å². The lowest BCUT2D eigenvalue weighted by atomic mass is 9.56. The molecule has 0 aromatic heterocycles. The van der Waals surface area contributed by atoms with E-state index in [4.69, 9.17) is 54.8 Å². The van der Waals surface area contributed by atoms with E-state index in [0.29, 0.717) is 29.0 Å². The van der Waals surface area contributed by atoms with Gasteiger partial charge in [-0.05, 0) is 112 Å². The minimum Gasteiger partial charge on any atom is -0.443 e. The predicted octanol–water partition coefficient (Wildman–Crippen LogP) is 8.15. The van der Waals surface area contributed by atoms with E-state index in [1.807, 2.05) is 13.8 Å². The second-order valence-electron chi connectivity index (χ2n) is 17.6. The highest BCUT2D eigenvalue weighted by atomic mass is 35.5. The number of carbonyl (C=O) groups is 1. The highest BCUT2D eigenvalue weighted by Gasteiger charge is 2.72. The zero-order valence-corrected chi connectivity index (χ0v) is 31.4. The molecule has 12 heteroatoms. The van der Waals surface area contributed by atoms with Crippen LogP contribution in [-0.2, 0) is 43.2 Å². The largest absolute Gasteiger partial charge is 0.443 e. The van der Waals surface area contributed by atoms with Gasteiger partial charge in [0.15, 0.2) is 23.8 Å². The molecule has 10 aliphatic rings. The first-order valence-electron chi connectivity index (χ1n) is 19.5. The maximum absolute atomic E-state index is 13.8. The third-order valence-electron chi connectivity index (χ3n) is 14.7. The van der Waals surface area contributed by atoms with E-state index in [1.165, 1.54) is 0 Å². The number of halogens is 1. The van der Waals surface area contributed by atoms with Crippen LogP contribution in [0.4, 0.5) is 10.5 Å². The molecule has 0 radical (unpaired) electrons. The molecule has 2 spiro atoms. The quantitative estimate of drug-likeness (QED) is 0.298. The molecular formula is C39H54ClNO10. The molecule has 282 valence electrons. The van der Waals surface area contributed by atoms with Crippen molar-refractivity contribution in [3.8, 4) is 0 Å². The van der Waals surface area contributed by atoms with E-state index < -0.39 is 53.7 Å². The summed E-state index contributed by atoms with van der Waals surface area (Å²) in [5.74, 6) is -0.139. The zero-order chi connectivity index (χ0) is 35.5. The van der Waals surface area contributed by atoms with Gasteiger partial charge in [0.1, 0.15) is 12.2 Å². The Morgan fingerprint density at radius 2 is 1.31 bits per heavy atom. The second-order valence-corrected chi connectivity index (χ2v) is 18.1. The lowest BCUT2D eigenvalue weighted by molar-refractivity contribution is -0.573. The van der Waals surface area contributed by atoms with Crippen molar-refractivity contribution >= 4 is 23.4 Å². The first-order chi connectivity index (χ1) is 24.3. The third-order valence-corrected chi connectivity index (χ3v) is 14.9. The van der Waals surface area contributed by atoms with E-state index in [-0.39, 0.29) is 41.6 Å². The summed E-state index contributed by atoms with van der Waals surface area (Å²) in [5, 5.41) is 3.50. The molecule has 3 unspecified atom stereocenters. The molecule has 1 amide bonds. The van der Waals surface area contributed by atoms with Crippen LogP contribution in [0.1, 0.15) is 99.3 Å². The fraction of sp³-hybridized carbons (Fsp3) is 0.821. The van der Waals surface area contributed by atoms with Crippen LogP contribution in [0.5, 0.6) is 0 Å². The van der Waals surface area contributed by atoms with Crippen molar-refractivity contribution in [2.75, 3.05) is 5.32 Å². The van der Waals surface area contributed by atoms with Gasteiger partial charge in [0, 0.05) is 41.8 Å². The van der Waals surface area contributed by atoms with E-state index in [0.717, 1.165) is 51.4 Å². The Morgan fingerprint density at radius 1 is 0.765 bits per heavy atom. The molecule has 1 aromatic carbocycles. The molecule has 10 fully saturated rings. The highest BCUT2D eigenvalue weighted by molar-refractivity contribution is 6.30. The highest BCUT2D eigenvalue weighted by Crippen LogP contribution is 2.63. The molecule has 17 atom stereocenters. The summed E-state index contributed by atoms with van der Waals surface area (Å²) in [5.41, 5.74) is -0.818. The summed E-state index contributed by atoms with van der Waals surface area (Å²) in [4.78, 5) is 38.8. The van der Waals surface area contributed by atoms with Crippen molar-refractivity contribution in [2.24, 2.45) is 47.3 Å². The lowest BCUT2D eigenvalue weighted by Crippen LogP contribution is -2.72. The van der Waals surface area contributed by atoms with E-state index in [2.05, 4.69) is 33.0 Å². The van der Waals surface area contributed by atoms with Crippen molar-refractivity contribution in [1.82, 2.24) is 0 Å². The lowest BCUT2D eigenvalue weighted by Gasteiger charge is -2.62. The molecular weight excluding hydrogens is 678 g/mol. The van der Waals surface area contributed by atoms with Crippen molar-refractivity contribution < 1.29 is 48.0 Å². The normalized spacial score (nSPS) is 51.7. The van der Waals surface area contributed by atoms with Crippen molar-refractivity contribution in [2.45, 2.75) is 153 Å². The summed E-state index contributed by atoms with van der Waals surface area (Å²) in [6.45, 7) is 12.9. The number of nitrogens with one attached hydrogen (secondary N) is 1. The Kier molecular flexibility index (Phi) is 8.62. The summed E-state index contributed by atoms with van der Waals surface area (Å²) in [6.07, 6.45) is 4.61. The van der Waals surface area contributed by atoms with Crippen LogP contribution < -0.4 is 5.32 Å². The van der Waals surface area contributed by atoms with E-state index >= 15 is 0 Å². The third kappa shape index (κ3) is 5.46. The summed E-state index contributed by atoms with van der Waals surface area (Å²) >= 11 is 6.13. The van der Waals surface area contributed by atoms with Crippen molar-refractivity contribution in [1.29, 1.82) is 0 Å². The monoisotopic (exact) mass is 731 g/mol. The van der Waals surface area contributed by atoms with Crippen molar-refractivity contribution in [3.63, 3.8) is 0 Å². The number of anilines is 1. The topological polar surface area (TPSA) is 112 Å². The fourth-order valence-electron chi connectivity index (χ4n) is 11.9. The molecule has 8 aliphatic heterocycles. The molecule has 1 aromatic rings. The number of ether oxygens (including phenoxy) is 5. The Labute approximate surface area is 305 Å². The molecule has 11 rings (SSSR count). The maximum atomic E-state index is 13.8. The smallest absolute Gasteiger partial charge is 0.411 e.